The van der Waals surface area contributed by atoms with Gasteiger partial charge in [-0.05, 0) is 35.9 Å². The molecule has 0 atom stereocenters. The number of rotatable bonds is 3. The van der Waals surface area contributed by atoms with Crippen molar-refractivity contribution < 1.29 is 4.39 Å². The Hall–Kier alpha value is -2.06. The zero-order valence-electron chi connectivity index (χ0n) is 10.3. The van der Waals surface area contributed by atoms with Crippen molar-refractivity contribution in [1.82, 2.24) is 24.7 Å². The predicted octanol–water partition coefficient (Wildman–Crippen LogP) is 3.36. The maximum atomic E-state index is 13.7. The Morgan fingerprint density at radius 2 is 2.10 bits per heavy atom. The SMILES string of the molecule is Fc1ccc(Br)cc1Nc1nc(Cl)nc(-n2cccn2)n1. The van der Waals surface area contributed by atoms with Crippen LogP contribution in [0.3, 0.4) is 0 Å². The topological polar surface area (TPSA) is 68.5 Å². The van der Waals surface area contributed by atoms with Gasteiger partial charge >= 0.3 is 0 Å². The average Bonchev–Trinajstić information content (AvgIpc) is 2.96. The second kappa shape index (κ2) is 5.74. The lowest BCUT2D eigenvalue weighted by Crippen LogP contribution is -2.07. The molecule has 0 saturated heterocycles. The molecule has 0 spiro atoms. The van der Waals surface area contributed by atoms with Crippen molar-refractivity contribution >= 4 is 39.2 Å². The van der Waals surface area contributed by atoms with E-state index in [1.165, 1.54) is 10.7 Å². The van der Waals surface area contributed by atoms with Gasteiger partial charge < -0.3 is 5.32 Å². The van der Waals surface area contributed by atoms with Crippen LogP contribution in [0.15, 0.2) is 41.1 Å². The molecular formula is C12H7BrClFN6. The molecule has 106 valence electrons. The molecule has 0 bridgehead atoms. The molecule has 0 saturated carbocycles. The molecule has 2 heterocycles. The largest absolute Gasteiger partial charge is 0.321 e. The molecule has 1 aromatic carbocycles. The van der Waals surface area contributed by atoms with Crippen molar-refractivity contribution in [2.45, 2.75) is 0 Å². The van der Waals surface area contributed by atoms with Gasteiger partial charge in [0.05, 0.1) is 5.69 Å². The van der Waals surface area contributed by atoms with Crippen molar-refractivity contribution in [1.29, 1.82) is 0 Å². The third-order valence-electron chi connectivity index (χ3n) is 2.48. The van der Waals surface area contributed by atoms with Crippen molar-refractivity contribution in [3.05, 3.63) is 52.2 Å². The summed E-state index contributed by atoms with van der Waals surface area (Å²) in [5, 5.41) is 6.75. The highest BCUT2D eigenvalue weighted by Crippen LogP contribution is 2.23. The Kier molecular flexibility index (Phi) is 3.80. The summed E-state index contributed by atoms with van der Waals surface area (Å²) in [7, 11) is 0. The van der Waals surface area contributed by atoms with Crippen LogP contribution in [0.2, 0.25) is 5.28 Å². The summed E-state index contributed by atoms with van der Waals surface area (Å²) in [6.45, 7) is 0. The summed E-state index contributed by atoms with van der Waals surface area (Å²) < 4.78 is 15.9. The van der Waals surface area contributed by atoms with E-state index in [9.17, 15) is 4.39 Å². The second-order valence-corrected chi connectivity index (χ2v) is 5.18. The predicted molar refractivity (Wildman–Crippen MR) is 79.3 cm³/mol. The van der Waals surface area contributed by atoms with Crippen LogP contribution in [0.25, 0.3) is 5.95 Å². The van der Waals surface area contributed by atoms with Gasteiger partial charge in [-0.1, -0.05) is 15.9 Å². The minimum absolute atomic E-state index is 0.0200. The van der Waals surface area contributed by atoms with Crippen LogP contribution in [-0.4, -0.2) is 24.7 Å². The van der Waals surface area contributed by atoms with Crippen LogP contribution in [0, 0.1) is 5.82 Å². The Labute approximate surface area is 132 Å². The molecule has 0 unspecified atom stereocenters. The Balaban J connectivity index is 1.97. The summed E-state index contributed by atoms with van der Waals surface area (Å²) in [4.78, 5) is 12.0. The number of hydrogen-bond donors (Lipinski definition) is 1. The number of nitrogens with one attached hydrogen (secondary N) is 1. The summed E-state index contributed by atoms with van der Waals surface area (Å²) in [5.41, 5.74) is 0.220. The highest BCUT2D eigenvalue weighted by atomic mass is 79.9. The number of nitrogens with zero attached hydrogens (tertiary/aromatic N) is 5. The third-order valence-corrected chi connectivity index (χ3v) is 3.14. The number of hydrogen-bond acceptors (Lipinski definition) is 5. The van der Waals surface area contributed by atoms with Gasteiger partial charge in [-0.15, -0.1) is 0 Å². The minimum atomic E-state index is -0.435. The van der Waals surface area contributed by atoms with Crippen LogP contribution < -0.4 is 5.32 Å². The zero-order valence-corrected chi connectivity index (χ0v) is 12.7. The Morgan fingerprint density at radius 1 is 1.24 bits per heavy atom. The van der Waals surface area contributed by atoms with Crippen molar-refractivity contribution in [3.8, 4) is 5.95 Å². The molecule has 0 radical (unpaired) electrons. The summed E-state index contributed by atoms with van der Waals surface area (Å²) in [6.07, 6.45) is 3.24. The molecule has 0 amide bonds. The van der Waals surface area contributed by atoms with E-state index in [2.05, 4.69) is 41.3 Å². The lowest BCUT2D eigenvalue weighted by Gasteiger charge is -2.08. The van der Waals surface area contributed by atoms with Gasteiger partial charge in [0.1, 0.15) is 5.82 Å². The summed E-state index contributed by atoms with van der Waals surface area (Å²) >= 11 is 9.13. The van der Waals surface area contributed by atoms with Crippen molar-refractivity contribution in [2.75, 3.05) is 5.32 Å². The van der Waals surface area contributed by atoms with E-state index in [4.69, 9.17) is 11.6 Å². The van der Waals surface area contributed by atoms with Crippen LogP contribution in [0.1, 0.15) is 0 Å². The van der Waals surface area contributed by atoms with E-state index in [1.807, 2.05) is 0 Å². The molecule has 9 heteroatoms. The molecule has 6 nitrogen and oxygen atoms in total. The molecule has 0 aliphatic rings. The summed E-state index contributed by atoms with van der Waals surface area (Å²) in [6, 6.07) is 6.21. The maximum absolute atomic E-state index is 13.7. The smallest absolute Gasteiger partial charge is 0.256 e. The van der Waals surface area contributed by atoms with Crippen LogP contribution in [-0.2, 0) is 0 Å². The lowest BCUT2D eigenvalue weighted by atomic mass is 10.3. The molecule has 2 aromatic heterocycles. The minimum Gasteiger partial charge on any atom is -0.321 e. The fourth-order valence-corrected chi connectivity index (χ4v) is 2.12. The van der Waals surface area contributed by atoms with Gasteiger partial charge in [0.2, 0.25) is 11.2 Å². The van der Waals surface area contributed by atoms with Crippen molar-refractivity contribution in [3.63, 3.8) is 0 Å². The van der Waals surface area contributed by atoms with Crippen LogP contribution in [0.5, 0.6) is 0 Å². The van der Waals surface area contributed by atoms with E-state index in [0.29, 0.717) is 0 Å². The van der Waals surface area contributed by atoms with Crippen LogP contribution >= 0.6 is 27.5 Å². The Morgan fingerprint density at radius 3 is 2.86 bits per heavy atom. The fraction of sp³-hybridized carbons (Fsp3) is 0. The quantitative estimate of drug-likeness (QED) is 0.767. The zero-order chi connectivity index (χ0) is 14.8. The van der Waals surface area contributed by atoms with Gasteiger partial charge in [-0.2, -0.15) is 20.1 Å². The third kappa shape index (κ3) is 3.17. The lowest BCUT2D eigenvalue weighted by molar-refractivity contribution is 0.631. The van der Waals surface area contributed by atoms with Crippen molar-refractivity contribution in [2.24, 2.45) is 0 Å². The molecule has 1 N–H and O–H groups in total. The number of aromatic nitrogens is 5. The fourth-order valence-electron chi connectivity index (χ4n) is 1.60. The summed E-state index contributed by atoms with van der Waals surface area (Å²) in [5.74, 6) is -0.0780. The molecule has 0 aliphatic carbocycles. The average molecular weight is 370 g/mol. The van der Waals surface area contributed by atoms with E-state index < -0.39 is 5.82 Å². The molecule has 0 fully saturated rings. The van der Waals surface area contributed by atoms with Crippen LogP contribution in [0.4, 0.5) is 16.0 Å². The molecule has 3 aromatic rings. The number of halogens is 3. The number of anilines is 2. The highest BCUT2D eigenvalue weighted by molar-refractivity contribution is 9.10. The maximum Gasteiger partial charge on any atom is 0.256 e. The van der Waals surface area contributed by atoms with Gasteiger partial charge in [0.25, 0.3) is 5.95 Å². The van der Waals surface area contributed by atoms with Gasteiger partial charge in [-0.3, -0.25) is 0 Å². The highest BCUT2D eigenvalue weighted by Gasteiger charge is 2.10. The number of benzene rings is 1. The first-order chi connectivity index (χ1) is 10.1. The monoisotopic (exact) mass is 368 g/mol. The van der Waals surface area contributed by atoms with E-state index in [1.54, 1.807) is 30.6 Å². The normalized spacial score (nSPS) is 10.6. The van der Waals surface area contributed by atoms with E-state index in [-0.39, 0.29) is 22.9 Å². The van der Waals surface area contributed by atoms with Gasteiger partial charge in [0, 0.05) is 16.9 Å². The Bertz CT molecular complexity index is 779. The first kappa shape index (κ1) is 13.9. The standard InChI is InChI=1S/C12H7BrClFN6/c13-7-2-3-8(15)9(6-7)17-11-18-10(14)19-12(20-11)21-5-1-4-16-21/h1-6H,(H,17,18,19,20). The molecular weight excluding hydrogens is 363 g/mol. The van der Waals surface area contributed by atoms with Gasteiger partial charge in [-0.25, -0.2) is 9.07 Å². The molecule has 0 aliphatic heterocycles. The van der Waals surface area contributed by atoms with E-state index >= 15 is 0 Å². The first-order valence-corrected chi connectivity index (χ1v) is 6.92. The molecule has 21 heavy (non-hydrogen) atoms. The van der Waals surface area contributed by atoms with E-state index in [0.717, 1.165) is 4.47 Å². The first-order valence-electron chi connectivity index (χ1n) is 5.75. The van der Waals surface area contributed by atoms with Gasteiger partial charge in [0.15, 0.2) is 0 Å². The second-order valence-electron chi connectivity index (χ2n) is 3.93. The molecule has 3 rings (SSSR count).